The Labute approximate surface area is 264 Å². The fourth-order valence-corrected chi connectivity index (χ4v) is 5.12. The maximum Gasteiger partial charge on any atom is 0.416 e. The predicted octanol–water partition coefficient (Wildman–Crippen LogP) is 7.09. The van der Waals surface area contributed by atoms with E-state index >= 15 is 0 Å². The Morgan fingerprint density at radius 2 is 1.41 bits per heavy atom. The van der Waals surface area contributed by atoms with E-state index in [2.05, 4.69) is 10.6 Å². The first-order valence-corrected chi connectivity index (χ1v) is 14.4. The predicted molar refractivity (Wildman–Crippen MR) is 170 cm³/mol. The fourth-order valence-electron chi connectivity index (χ4n) is 5.12. The molecule has 0 fully saturated rings. The molecule has 234 valence electrons. The van der Waals surface area contributed by atoms with Gasteiger partial charge in [-0.25, -0.2) is 0 Å². The van der Waals surface area contributed by atoms with Crippen molar-refractivity contribution in [2.45, 2.75) is 18.8 Å². The first-order chi connectivity index (χ1) is 22.0. The zero-order valence-electron chi connectivity index (χ0n) is 25.1. The molecule has 4 aromatic carbocycles. The van der Waals surface area contributed by atoms with Gasteiger partial charge in [-0.15, -0.1) is 0 Å². The van der Waals surface area contributed by atoms with Crippen LogP contribution in [0.5, 0.6) is 0 Å². The normalized spacial score (nSPS) is 11.8. The Kier molecular flexibility index (Phi) is 9.37. The van der Waals surface area contributed by atoms with Crippen LogP contribution in [-0.4, -0.2) is 34.2 Å². The van der Waals surface area contributed by atoms with E-state index in [-0.39, 0.29) is 17.2 Å². The van der Waals surface area contributed by atoms with Gasteiger partial charge in [0.05, 0.1) is 11.3 Å². The van der Waals surface area contributed by atoms with Crippen molar-refractivity contribution >= 4 is 23.4 Å². The number of carbonyl (C=O) groups excluding carboxylic acids is 3. The molecule has 2 N–H and O–H groups in total. The zero-order chi connectivity index (χ0) is 32.8. The van der Waals surface area contributed by atoms with E-state index < -0.39 is 29.6 Å². The lowest BCUT2D eigenvalue weighted by Gasteiger charge is -2.25. The van der Waals surface area contributed by atoms with Gasteiger partial charge in [0.2, 0.25) is 5.91 Å². The number of amides is 3. The van der Waals surface area contributed by atoms with Crippen molar-refractivity contribution in [2.24, 2.45) is 7.05 Å². The molecule has 5 aromatic rings. The maximum atomic E-state index is 13.6. The Hall–Kier alpha value is -5.64. The minimum absolute atomic E-state index is 0.200. The van der Waals surface area contributed by atoms with E-state index in [1.807, 2.05) is 36.4 Å². The first kappa shape index (κ1) is 31.8. The van der Waals surface area contributed by atoms with Crippen LogP contribution in [0.4, 0.5) is 18.9 Å². The molecule has 10 heteroatoms. The van der Waals surface area contributed by atoms with E-state index in [1.54, 1.807) is 73.7 Å². The first-order valence-electron chi connectivity index (χ1n) is 14.4. The highest BCUT2D eigenvalue weighted by Gasteiger charge is 2.30. The van der Waals surface area contributed by atoms with Gasteiger partial charge < -0.3 is 20.1 Å². The lowest BCUT2D eigenvalue weighted by Crippen LogP contribution is -2.41. The molecule has 5 rings (SSSR count). The number of hydrogen-bond acceptors (Lipinski definition) is 3. The van der Waals surface area contributed by atoms with E-state index in [0.29, 0.717) is 28.9 Å². The van der Waals surface area contributed by atoms with Crippen LogP contribution >= 0.6 is 0 Å². The van der Waals surface area contributed by atoms with Crippen molar-refractivity contribution in [1.82, 2.24) is 14.8 Å². The summed E-state index contributed by atoms with van der Waals surface area (Å²) in [6, 6.07) is 30.1. The number of nitrogens with zero attached hydrogens (tertiary/aromatic N) is 2. The summed E-state index contributed by atoms with van der Waals surface area (Å²) in [5.41, 5.74) is 2.44. The lowest BCUT2D eigenvalue weighted by molar-refractivity contribution is -0.137. The summed E-state index contributed by atoms with van der Waals surface area (Å²) in [7, 11) is 3.32. The van der Waals surface area contributed by atoms with Crippen molar-refractivity contribution in [2.75, 3.05) is 12.4 Å². The number of aromatic nitrogens is 1. The fraction of sp³-hybridized carbons (Fsp3) is 0.139. The summed E-state index contributed by atoms with van der Waals surface area (Å²) in [6.07, 6.45) is -2.91. The van der Waals surface area contributed by atoms with Crippen molar-refractivity contribution in [3.8, 4) is 11.1 Å². The molecule has 0 spiro atoms. The molecule has 1 aromatic heterocycles. The number of likely N-dealkylation sites (N-methyl/N-ethyl adjacent to an activating group) is 1. The number of anilines is 1. The van der Waals surface area contributed by atoms with Crippen LogP contribution in [0.3, 0.4) is 0 Å². The zero-order valence-corrected chi connectivity index (χ0v) is 25.1. The molecule has 46 heavy (non-hydrogen) atoms. The number of alkyl halides is 3. The van der Waals surface area contributed by atoms with Crippen LogP contribution in [0.25, 0.3) is 11.1 Å². The van der Waals surface area contributed by atoms with Crippen molar-refractivity contribution in [1.29, 1.82) is 0 Å². The average Bonchev–Trinajstić information content (AvgIpc) is 3.43. The van der Waals surface area contributed by atoms with E-state index in [0.717, 1.165) is 17.7 Å². The third kappa shape index (κ3) is 7.35. The topological polar surface area (TPSA) is 83.4 Å². The monoisotopic (exact) mass is 624 g/mol. The number of carbonyl (C=O) groups is 3. The standard InChI is InChI=1S/C36H31F3N4O3/c1-42-23-28(40-33(44)30-16-10-9-15-29(30)25-17-19-27(20-18-25)36(37,38)39)21-31(42)34(45)41-32(26-13-7-4-8-14-26)35(46)43(2)22-24-11-5-3-6-12-24/h3-21,23,32H,22H2,1-2H3,(H,40,44)(H,41,45)/t32-/m0/s1. The molecule has 0 radical (unpaired) electrons. The molecule has 0 saturated heterocycles. The summed E-state index contributed by atoms with van der Waals surface area (Å²) < 4.78 is 40.7. The highest BCUT2D eigenvalue weighted by atomic mass is 19.4. The Balaban J connectivity index is 1.34. The van der Waals surface area contributed by atoms with Gasteiger partial charge in [-0.1, -0.05) is 91.0 Å². The third-order valence-corrected chi connectivity index (χ3v) is 7.48. The van der Waals surface area contributed by atoms with E-state index in [9.17, 15) is 27.6 Å². The molecular formula is C36H31F3N4O3. The molecule has 7 nitrogen and oxygen atoms in total. The summed E-state index contributed by atoms with van der Waals surface area (Å²) in [4.78, 5) is 42.1. The van der Waals surface area contributed by atoms with Crippen molar-refractivity contribution in [3.05, 3.63) is 149 Å². The molecule has 0 unspecified atom stereocenters. The average molecular weight is 625 g/mol. The van der Waals surface area contributed by atoms with Crippen LogP contribution in [0.1, 0.15) is 43.6 Å². The molecule has 0 aliphatic heterocycles. The van der Waals surface area contributed by atoms with Gasteiger partial charge in [0, 0.05) is 32.4 Å². The van der Waals surface area contributed by atoms with Crippen molar-refractivity contribution in [3.63, 3.8) is 0 Å². The van der Waals surface area contributed by atoms with Gasteiger partial charge in [-0.3, -0.25) is 14.4 Å². The van der Waals surface area contributed by atoms with Crippen molar-refractivity contribution < 1.29 is 27.6 Å². The second-order valence-corrected chi connectivity index (χ2v) is 10.8. The Morgan fingerprint density at radius 3 is 2.07 bits per heavy atom. The summed E-state index contributed by atoms with van der Waals surface area (Å²) in [5, 5.41) is 5.64. The molecule has 0 aliphatic rings. The number of hydrogen-bond donors (Lipinski definition) is 2. The third-order valence-electron chi connectivity index (χ3n) is 7.48. The van der Waals surface area contributed by atoms with Crippen LogP contribution in [0, 0.1) is 0 Å². The molecule has 0 bridgehead atoms. The van der Waals surface area contributed by atoms with Gasteiger partial charge in [0.25, 0.3) is 11.8 Å². The van der Waals surface area contributed by atoms with Gasteiger partial charge >= 0.3 is 6.18 Å². The van der Waals surface area contributed by atoms with Crippen LogP contribution < -0.4 is 10.6 Å². The molecule has 3 amide bonds. The number of aryl methyl sites for hydroxylation is 1. The largest absolute Gasteiger partial charge is 0.416 e. The minimum atomic E-state index is -4.47. The minimum Gasteiger partial charge on any atom is -0.344 e. The number of rotatable bonds is 9. The highest BCUT2D eigenvalue weighted by Crippen LogP contribution is 2.32. The Bertz CT molecular complexity index is 1840. The Morgan fingerprint density at radius 1 is 0.804 bits per heavy atom. The molecule has 1 heterocycles. The van der Waals surface area contributed by atoms with Gasteiger partial charge in [-0.05, 0) is 46.5 Å². The second kappa shape index (κ2) is 13.6. The van der Waals surface area contributed by atoms with Gasteiger partial charge in [0.1, 0.15) is 11.7 Å². The maximum absolute atomic E-state index is 13.6. The molecular weight excluding hydrogens is 593 g/mol. The van der Waals surface area contributed by atoms with Crippen LogP contribution in [0.2, 0.25) is 0 Å². The number of nitrogens with one attached hydrogen (secondary N) is 2. The molecule has 0 aliphatic carbocycles. The van der Waals surface area contributed by atoms with E-state index in [4.69, 9.17) is 0 Å². The second-order valence-electron chi connectivity index (χ2n) is 10.8. The van der Waals surface area contributed by atoms with Crippen LogP contribution in [-0.2, 0) is 24.6 Å². The molecule has 0 saturated carbocycles. The summed E-state index contributed by atoms with van der Waals surface area (Å²) in [6.45, 7) is 0.354. The quantitative estimate of drug-likeness (QED) is 0.184. The van der Waals surface area contributed by atoms with Crippen LogP contribution in [0.15, 0.2) is 121 Å². The lowest BCUT2D eigenvalue weighted by atomic mass is 9.98. The number of benzene rings is 4. The van der Waals surface area contributed by atoms with Gasteiger partial charge in [0.15, 0.2) is 0 Å². The summed E-state index contributed by atoms with van der Waals surface area (Å²) in [5.74, 6) is -1.33. The van der Waals surface area contributed by atoms with Gasteiger partial charge in [-0.2, -0.15) is 13.2 Å². The SMILES string of the molecule is CN(Cc1ccccc1)C(=O)[C@@H](NC(=O)c1cc(NC(=O)c2ccccc2-c2ccc(C(F)(F)F)cc2)cn1C)c1ccccc1. The summed E-state index contributed by atoms with van der Waals surface area (Å²) >= 11 is 0. The molecule has 1 atom stereocenters. The number of halogens is 3. The van der Waals surface area contributed by atoms with E-state index in [1.165, 1.54) is 22.8 Å². The smallest absolute Gasteiger partial charge is 0.344 e. The highest BCUT2D eigenvalue weighted by molar-refractivity contribution is 6.09.